The average Bonchev–Trinajstić information content (AvgIpc) is 3.45. The molecular formula is C21H26N6O6. The molecule has 0 spiro atoms. The molecule has 0 unspecified atom stereocenters. The lowest BCUT2D eigenvalue weighted by Crippen LogP contribution is -2.40. The van der Waals surface area contributed by atoms with E-state index in [2.05, 4.69) is 26.5 Å². The number of aliphatic imine (C=N–C) groups is 1. The van der Waals surface area contributed by atoms with Crippen LogP contribution in [0.5, 0.6) is 0 Å². The van der Waals surface area contributed by atoms with E-state index in [1.807, 2.05) is 6.92 Å². The van der Waals surface area contributed by atoms with Crippen molar-refractivity contribution in [3.05, 3.63) is 24.2 Å². The number of carbonyl (C=O) groups is 1. The zero-order chi connectivity index (χ0) is 23.6. The Kier molecular flexibility index (Phi) is 6.20. The molecule has 2 aliphatic rings. The molecule has 12 heteroatoms. The normalized spacial score (nSPS) is 28.0. The summed E-state index contributed by atoms with van der Waals surface area (Å²) in [5, 5.41) is 17.5. The predicted octanol–water partition coefficient (Wildman–Crippen LogP) is 1.81. The molecule has 176 valence electrons. The van der Waals surface area contributed by atoms with Gasteiger partial charge in [0.2, 0.25) is 5.60 Å². The number of hydrogen-bond donors (Lipinski definition) is 1. The minimum atomic E-state index is -1.58. The van der Waals surface area contributed by atoms with Gasteiger partial charge in [-0.1, -0.05) is 6.92 Å². The largest absolute Gasteiger partial charge is 0.508 e. The van der Waals surface area contributed by atoms with Gasteiger partial charge in [-0.15, -0.1) is 0 Å². The molecule has 0 saturated carbocycles. The van der Waals surface area contributed by atoms with Gasteiger partial charge in [-0.25, -0.2) is 19.3 Å². The number of nitriles is 1. The van der Waals surface area contributed by atoms with Gasteiger partial charge < -0.3 is 29.0 Å². The zero-order valence-corrected chi connectivity index (χ0v) is 18.8. The maximum Gasteiger partial charge on any atom is 0.508 e. The maximum atomic E-state index is 11.9. The van der Waals surface area contributed by atoms with Crippen LogP contribution >= 0.6 is 0 Å². The average molecular weight is 458 g/mol. The Morgan fingerprint density at radius 1 is 1.36 bits per heavy atom. The number of hydrogen-bond acceptors (Lipinski definition) is 10. The highest BCUT2D eigenvalue weighted by molar-refractivity contribution is 5.71. The Labute approximate surface area is 190 Å². The van der Waals surface area contributed by atoms with Gasteiger partial charge in [0.25, 0.3) is 0 Å². The van der Waals surface area contributed by atoms with E-state index in [9.17, 15) is 10.1 Å². The number of nitrogens with zero attached hydrogens (tertiary/aromatic N) is 5. The van der Waals surface area contributed by atoms with Crippen molar-refractivity contribution < 1.29 is 28.5 Å². The number of fused-ring (bicyclic) bond motifs is 2. The number of rotatable bonds is 7. The molecule has 0 aromatic carbocycles. The van der Waals surface area contributed by atoms with E-state index in [4.69, 9.17) is 23.7 Å². The van der Waals surface area contributed by atoms with Gasteiger partial charge in [0.1, 0.15) is 42.8 Å². The minimum absolute atomic E-state index is 0.164. The summed E-state index contributed by atoms with van der Waals surface area (Å²) in [6, 6.07) is 5.74. The number of nitrogens with one attached hydrogen (secondary N) is 1. The molecule has 1 N–H and O–H groups in total. The van der Waals surface area contributed by atoms with E-state index in [1.54, 1.807) is 37.5 Å². The summed E-state index contributed by atoms with van der Waals surface area (Å²) in [5.41, 5.74) is -0.574. The van der Waals surface area contributed by atoms with Crippen molar-refractivity contribution in [1.82, 2.24) is 19.9 Å². The van der Waals surface area contributed by atoms with Gasteiger partial charge in [0.05, 0.1) is 18.6 Å². The van der Waals surface area contributed by atoms with Gasteiger partial charge in [0.15, 0.2) is 11.6 Å². The summed E-state index contributed by atoms with van der Waals surface area (Å²) in [5.74, 6) is -0.553. The SMILES string of the molecule is CCCOC(=O)OC[C@H]1O[C@@](C#N)(c2ccc3c(/N=C\NC)ncnn23)[C@@H]2OC(C)(C)O[C@@H]21. The minimum Gasteiger partial charge on any atom is -0.434 e. The molecule has 0 radical (unpaired) electrons. The lowest BCUT2D eigenvalue weighted by atomic mass is 9.92. The number of aromatic nitrogens is 3. The van der Waals surface area contributed by atoms with E-state index in [1.165, 1.54) is 12.7 Å². The molecule has 33 heavy (non-hydrogen) atoms. The molecule has 12 nitrogen and oxygen atoms in total. The van der Waals surface area contributed by atoms with E-state index < -0.39 is 35.9 Å². The lowest BCUT2D eigenvalue weighted by molar-refractivity contribution is -0.205. The molecule has 4 heterocycles. The predicted molar refractivity (Wildman–Crippen MR) is 114 cm³/mol. The second-order valence-electron chi connectivity index (χ2n) is 8.08. The second-order valence-corrected chi connectivity index (χ2v) is 8.08. The fourth-order valence-corrected chi connectivity index (χ4v) is 4.03. The highest BCUT2D eigenvalue weighted by Crippen LogP contribution is 2.49. The summed E-state index contributed by atoms with van der Waals surface area (Å²) in [6.07, 6.45) is 0.487. The Morgan fingerprint density at radius 3 is 2.91 bits per heavy atom. The van der Waals surface area contributed by atoms with Gasteiger partial charge >= 0.3 is 6.16 Å². The summed E-state index contributed by atoms with van der Waals surface area (Å²) in [6.45, 7) is 5.47. The smallest absolute Gasteiger partial charge is 0.434 e. The van der Waals surface area contributed by atoms with Crippen LogP contribution in [0.3, 0.4) is 0 Å². The zero-order valence-electron chi connectivity index (χ0n) is 18.8. The number of ether oxygens (including phenoxy) is 5. The van der Waals surface area contributed by atoms with E-state index in [0.29, 0.717) is 23.4 Å². The highest BCUT2D eigenvalue weighted by atomic mass is 16.8. The standard InChI is InChI=1S/C21H26N6O6/c1-5-8-29-19(28)30-9-14-16-17(33-20(2,3)32-16)21(10-22,31-14)15-7-6-13-18(24-11-23-4)25-12-26-27(13)15/h6-7,11-12,14,16-17H,5,8-9H2,1-4H3,(H,23,24,25,26)/t14-,16-,17-,21+/m1/s1. The first-order valence-electron chi connectivity index (χ1n) is 10.6. The molecule has 2 aromatic rings. The van der Waals surface area contributed by atoms with Crippen molar-refractivity contribution in [2.45, 2.75) is 56.9 Å². The summed E-state index contributed by atoms with van der Waals surface area (Å²) >= 11 is 0. The van der Waals surface area contributed by atoms with Crippen molar-refractivity contribution in [3.63, 3.8) is 0 Å². The van der Waals surface area contributed by atoms with Crippen LogP contribution in [-0.4, -0.2) is 71.5 Å². The summed E-state index contributed by atoms with van der Waals surface area (Å²) in [4.78, 5) is 20.3. The van der Waals surface area contributed by atoms with Crippen LogP contribution in [0.4, 0.5) is 10.6 Å². The Hall–Kier alpha value is -3.27. The first kappa shape index (κ1) is 22.9. The third-order valence-electron chi connectivity index (χ3n) is 5.32. The van der Waals surface area contributed by atoms with Crippen LogP contribution in [0.2, 0.25) is 0 Å². The van der Waals surface area contributed by atoms with Gasteiger partial charge in [-0.05, 0) is 32.4 Å². The van der Waals surface area contributed by atoms with Crippen molar-refractivity contribution in [1.29, 1.82) is 5.26 Å². The van der Waals surface area contributed by atoms with Gasteiger partial charge in [0, 0.05) is 7.05 Å². The van der Waals surface area contributed by atoms with Crippen LogP contribution in [-0.2, 0) is 29.3 Å². The van der Waals surface area contributed by atoms with Crippen LogP contribution < -0.4 is 5.32 Å². The van der Waals surface area contributed by atoms with Gasteiger partial charge in [-0.2, -0.15) is 10.4 Å². The molecule has 0 amide bonds. The number of carbonyl (C=O) groups excluding carboxylic acids is 1. The quantitative estimate of drug-likeness (QED) is 0.371. The molecule has 0 bridgehead atoms. The van der Waals surface area contributed by atoms with E-state index in [0.717, 1.165) is 0 Å². The van der Waals surface area contributed by atoms with Crippen molar-refractivity contribution >= 4 is 23.8 Å². The van der Waals surface area contributed by atoms with E-state index in [-0.39, 0.29) is 13.2 Å². The third-order valence-corrected chi connectivity index (χ3v) is 5.32. The van der Waals surface area contributed by atoms with Gasteiger partial charge in [-0.3, -0.25) is 0 Å². The molecule has 4 rings (SSSR count). The van der Waals surface area contributed by atoms with Crippen LogP contribution in [0.15, 0.2) is 23.5 Å². The van der Waals surface area contributed by atoms with Crippen LogP contribution in [0.25, 0.3) is 5.52 Å². The maximum absolute atomic E-state index is 11.9. The molecular weight excluding hydrogens is 432 g/mol. The molecule has 2 aliphatic heterocycles. The first-order chi connectivity index (χ1) is 15.8. The second kappa shape index (κ2) is 8.93. The monoisotopic (exact) mass is 458 g/mol. The third kappa shape index (κ3) is 4.10. The fourth-order valence-electron chi connectivity index (χ4n) is 4.03. The van der Waals surface area contributed by atoms with Crippen LogP contribution in [0, 0.1) is 11.3 Å². The van der Waals surface area contributed by atoms with Crippen molar-refractivity contribution in [2.75, 3.05) is 20.3 Å². The molecule has 2 fully saturated rings. The fraction of sp³-hybridized carbons (Fsp3) is 0.571. The molecule has 0 aliphatic carbocycles. The Bertz CT molecular complexity index is 1090. The lowest BCUT2D eigenvalue weighted by Gasteiger charge is -2.28. The van der Waals surface area contributed by atoms with Crippen molar-refractivity contribution in [2.24, 2.45) is 4.99 Å². The summed E-state index contributed by atoms with van der Waals surface area (Å²) < 4.78 is 30.1. The Morgan fingerprint density at radius 2 is 2.18 bits per heavy atom. The molecule has 2 saturated heterocycles. The van der Waals surface area contributed by atoms with E-state index >= 15 is 0 Å². The topological polar surface area (TPSA) is 142 Å². The first-order valence-corrected chi connectivity index (χ1v) is 10.6. The van der Waals surface area contributed by atoms with Crippen molar-refractivity contribution in [3.8, 4) is 6.07 Å². The molecule has 4 atom stereocenters. The highest BCUT2D eigenvalue weighted by Gasteiger charge is 2.65. The van der Waals surface area contributed by atoms with Crippen LogP contribution in [0.1, 0.15) is 32.9 Å². The Balaban J connectivity index is 1.70. The summed E-state index contributed by atoms with van der Waals surface area (Å²) in [7, 11) is 1.72. The molecule has 2 aromatic heterocycles.